The molecule has 1 aliphatic heterocycles. The van der Waals surface area contributed by atoms with Crippen LogP contribution in [0.25, 0.3) is 11.4 Å². The van der Waals surface area contributed by atoms with Crippen LogP contribution in [0.3, 0.4) is 0 Å². The third-order valence-electron chi connectivity index (χ3n) is 4.58. The Balaban J connectivity index is 1.50. The van der Waals surface area contributed by atoms with E-state index in [0.717, 1.165) is 11.4 Å². The average molecular weight is 387 g/mol. The quantitative estimate of drug-likeness (QED) is 0.662. The summed E-state index contributed by atoms with van der Waals surface area (Å²) >= 11 is 0. The SMILES string of the molecule is CCOC(=O)CCC(=O)N1CCN(c2ccc(-c3noc(CC)n3)cn2)CC1. The summed E-state index contributed by atoms with van der Waals surface area (Å²) in [6.45, 7) is 6.65. The molecule has 0 aromatic carbocycles. The van der Waals surface area contributed by atoms with Gasteiger partial charge in [0.15, 0.2) is 0 Å². The fourth-order valence-corrected chi connectivity index (χ4v) is 3.01. The lowest BCUT2D eigenvalue weighted by Gasteiger charge is -2.35. The van der Waals surface area contributed by atoms with Crippen LogP contribution in [-0.4, -0.2) is 64.7 Å². The van der Waals surface area contributed by atoms with E-state index in [1.54, 1.807) is 18.0 Å². The zero-order valence-electron chi connectivity index (χ0n) is 16.3. The molecule has 0 N–H and O–H groups in total. The number of amides is 1. The van der Waals surface area contributed by atoms with Crippen molar-refractivity contribution in [3.8, 4) is 11.4 Å². The molecule has 0 saturated carbocycles. The molecule has 0 radical (unpaired) electrons. The summed E-state index contributed by atoms with van der Waals surface area (Å²) in [4.78, 5) is 36.4. The third-order valence-corrected chi connectivity index (χ3v) is 4.58. The summed E-state index contributed by atoms with van der Waals surface area (Å²) in [6.07, 6.45) is 2.75. The number of piperazine rings is 1. The third kappa shape index (κ3) is 4.85. The van der Waals surface area contributed by atoms with Crippen molar-refractivity contribution < 1.29 is 18.8 Å². The molecule has 0 unspecified atom stereocenters. The topological polar surface area (TPSA) is 102 Å². The van der Waals surface area contributed by atoms with Gasteiger partial charge in [0.2, 0.25) is 17.6 Å². The highest BCUT2D eigenvalue weighted by molar-refractivity contribution is 5.81. The number of hydrogen-bond donors (Lipinski definition) is 0. The molecule has 2 aromatic rings. The second-order valence-corrected chi connectivity index (χ2v) is 6.44. The summed E-state index contributed by atoms with van der Waals surface area (Å²) < 4.78 is 9.99. The molecule has 1 aliphatic rings. The molecule has 1 saturated heterocycles. The van der Waals surface area contributed by atoms with E-state index in [1.165, 1.54) is 0 Å². The van der Waals surface area contributed by atoms with Crippen LogP contribution < -0.4 is 4.90 Å². The van der Waals surface area contributed by atoms with E-state index in [9.17, 15) is 9.59 Å². The smallest absolute Gasteiger partial charge is 0.306 e. The Morgan fingerprint density at radius 2 is 1.93 bits per heavy atom. The van der Waals surface area contributed by atoms with Crippen LogP contribution in [0, 0.1) is 0 Å². The minimum atomic E-state index is -0.327. The van der Waals surface area contributed by atoms with Crippen molar-refractivity contribution in [3.63, 3.8) is 0 Å². The standard InChI is InChI=1S/C19H25N5O4/c1-3-16-21-19(22-28-16)14-5-6-15(20-13-14)23-9-11-24(12-10-23)17(25)7-8-18(26)27-4-2/h5-6,13H,3-4,7-12H2,1-2H3. The normalized spacial score (nSPS) is 14.2. The Morgan fingerprint density at radius 3 is 2.54 bits per heavy atom. The van der Waals surface area contributed by atoms with Gasteiger partial charge in [-0.05, 0) is 19.1 Å². The summed E-state index contributed by atoms with van der Waals surface area (Å²) in [7, 11) is 0. The first-order valence-electron chi connectivity index (χ1n) is 9.58. The number of ether oxygens (including phenoxy) is 1. The fraction of sp³-hybridized carbons (Fsp3) is 0.526. The minimum absolute atomic E-state index is 0.0140. The predicted molar refractivity (Wildman–Crippen MR) is 102 cm³/mol. The number of rotatable bonds is 7. The first-order valence-corrected chi connectivity index (χ1v) is 9.58. The van der Waals surface area contributed by atoms with Crippen molar-refractivity contribution in [3.05, 3.63) is 24.2 Å². The molecule has 0 spiro atoms. The van der Waals surface area contributed by atoms with Crippen molar-refractivity contribution in [2.45, 2.75) is 33.1 Å². The number of carbonyl (C=O) groups is 2. The highest BCUT2D eigenvalue weighted by Gasteiger charge is 2.22. The molecule has 150 valence electrons. The van der Waals surface area contributed by atoms with Crippen LogP contribution in [0.2, 0.25) is 0 Å². The second-order valence-electron chi connectivity index (χ2n) is 6.44. The maximum absolute atomic E-state index is 12.2. The van der Waals surface area contributed by atoms with Gasteiger partial charge in [-0.1, -0.05) is 12.1 Å². The van der Waals surface area contributed by atoms with E-state index in [1.807, 2.05) is 19.1 Å². The maximum Gasteiger partial charge on any atom is 0.306 e. The fourth-order valence-electron chi connectivity index (χ4n) is 3.01. The predicted octanol–water partition coefficient (Wildman–Crippen LogP) is 1.69. The highest BCUT2D eigenvalue weighted by Crippen LogP contribution is 2.20. The van der Waals surface area contributed by atoms with Gasteiger partial charge in [0.25, 0.3) is 0 Å². The van der Waals surface area contributed by atoms with Gasteiger partial charge >= 0.3 is 5.97 Å². The van der Waals surface area contributed by atoms with Gasteiger partial charge in [0.05, 0.1) is 13.0 Å². The van der Waals surface area contributed by atoms with Crippen LogP contribution in [-0.2, 0) is 20.7 Å². The van der Waals surface area contributed by atoms with Crippen LogP contribution in [0.5, 0.6) is 0 Å². The molecule has 9 nitrogen and oxygen atoms in total. The van der Waals surface area contributed by atoms with Gasteiger partial charge in [0.1, 0.15) is 5.82 Å². The van der Waals surface area contributed by atoms with Crippen LogP contribution in [0.1, 0.15) is 32.6 Å². The van der Waals surface area contributed by atoms with Crippen molar-refractivity contribution >= 4 is 17.7 Å². The average Bonchev–Trinajstić information content (AvgIpc) is 3.22. The Morgan fingerprint density at radius 1 is 1.14 bits per heavy atom. The monoisotopic (exact) mass is 387 g/mol. The number of aryl methyl sites for hydroxylation is 1. The second kappa shape index (κ2) is 9.29. The van der Waals surface area contributed by atoms with Crippen LogP contribution >= 0.6 is 0 Å². The van der Waals surface area contributed by atoms with E-state index in [2.05, 4.69) is 20.0 Å². The molecule has 0 aliphatic carbocycles. The van der Waals surface area contributed by atoms with E-state index in [4.69, 9.17) is 9.26 Å². The van der Waals surface area contributed by atoms with Crippen LogP contribution in [0.4, 0.5) is 5.82 Å². The van der Waals surface area contributed by atoms with Gasteiger partial charge in [-0.15, -0.1) is 0 Å². The molecule has 0 atom stereocenters. The van der Waals surface area contributed by atoms with Gasteiger partial charge in [-0.3, -0.25) is 9.59 Å². The Hall–Kier alpha value is -2.97. The first kappa shape index (κ1) is 19.8. The number of aromatic nitrogens is 3. The zero-order valence-corrected chi connectivity index (χ0v) is 16.3. The molecule has 1 amide bonds. The molecular formula is C19H25N5O4. The lowest BCUT2D eigenvalue weighted by atomic mass is 10.2. The maximum atomic E-state index is 12.2. The minimum Gasteiger partial charge on any atom is -0.466 e. The number of pyridine rings is 1. The molecule has 28 heavy (non-hydrogen) atoms. The number of carbonyl (C=O) groups excluding carboxylic acids is 2. The Kier molecular flexibility index (Phi) is 6.57. The van der Waals surface area contributed by atoms with Gasteiger partial charge in [0, 0.05) is 50.8 Å². The van der Waals surface area contributed by atoms with Crippen molar-refractivity contribution in [1.29, 1.82) is 0 Å². The molecule has 0 bridgehead atoms. The number of esters is 1. The summed E-state index contributed by atoms with van der Waals surface area (Å²) in [5.41, 5.74) is 0.806. The first-order chi connectivity index (χ1) is 13.6. The Labute approximate surface area is 163 Å². The number of anilines is 1. The van der Waals surface area contributed by atoms with E-state index in [-0.39, 0.29) is 24.7 Å². The van der Waals surface area contributed by atoms with E-state index in [0.29, 0.717) is 50.9 Å². The zero-order chi connectivity index (χ0) is 19.9. The molecule has 9 heteroatoms. The summed E-state index contributed by atoms with van der Waals surface area (Å²) in [5, 5.41) is 3.95. The largest absolute Gasteiger partial charge is 0.466 e. The van der Waals surface area contributed by atoms with Gasteiger partial charge in [-0.2, -0.15) is 4.98 Å². The highest BCUT2D eigenvalue weighted by atomic mass is 16.5. The lowest BCUT2D eigenvalue weighted by Crippen LogP contribution is -2.49. The lowest BCUT2D eigenvalue weighted by molar-refractivity contribution is -0.145. The number of hydrogen-bond acceptors (Lipinski definition) is 8. The number of nitrogens with zero attached hydrogens (tertiary/aromatic N) is 5. The van der Waals surface area contributed by atoms with Crippen LogP contribution in [0.15, 0.2) is 22.9 Å². The van der Waals surface area contributed by atoms with E-state index < -0.39 is 0 Å². The van der Waals surface area contributed by atoms with Crippen molar-refractivity contribution in [1.82, 2.24) is 20.0 Å². The van der Waals surface area contributed by atoms with Gasteiger partial charge < -0.3 is 19.1 Å². The summed E-state index contributed by atoms with van der Waals surface area (Å²) in [5.74, 6) is 1.64. The Bertz CT molecular complexity index is 797. The molecular weight excluding hydrogens is 362 g/mol. The van der Waals surface area contributed by atoms with Gasteiger partial charge in [-0.25, -0.2) is 4.98 Å². The molecule has 2 aromatic heterocycles. The summed E-state index contributed by atoms with van der Waals surface area (Å²) in [6, 6.07) is 3.85. The van der Waals surface area contributed by atoms with Crippen molar-refractivity contribution in [2.24, 2.45) is 0 Å². The molecule has 3 heterocycles. The molecule has 3 rings (SSSR count). The van der Waals surface area contributed by atoms with Crippen molar-refractivity contribution in [2.75, 3.05) is 37.7 Å². The van der Waals surface area contributed by atoms with E-state index >= 15 is 0 Å². The molecule has 1 fully saturated rings.